The molecule has 0 saturated heterocycles. The second-order valence-corrected chi connectivity index (χ2v) is 4.35. The number of carbonyl (C=O) groups is 1. The van der Waals surface area contributed by atoms with Crippen molar-refractivity contribution >= 4 is 11.7 Å². The van der Waals surface area contributed by atoms with E-state index in [-0.39, 0.29) is 6.61 Å². The molecule has 0 saturated carbocycles. The van der Waals surface area contributed by atoms with E-state index in [0.717, 1.165) is 5.56 Å². The molecule has 20 heavy (non-hydrogen) atoms. The van der Waals surface area contributed by atoms with Gasteiger partial charge in [-0.25, -0.2) is 4.79 Å². The fourth-order valence-electron chi connectivity index (χ4n) is 1.71. The molecule has 0 atom stereocenters. The summed E-state index contributed by atoms with van der Waals surface area (Å²) < 4.78 is 5.15. The lowest BCUT2D eigenvalue weighted by Gasteiger charge is -2.07. The monoisotopic (exact) mass is 269 g/mol. The van der Waals surface area contributed by atoms with Crippen molar-refractivity contribution in [2.24, 2.45) is 5.16 Å². The standard InChI is InChI=1S/C16H15NO3/c1-12-7-9-14(10-8-12)16(18)20-11-15(17-19)13-5-3-2-4-6-13/h2-10,19H,11H2,1H3/b17-15-. The molecular formula is C16H15NO3. The zero-order chi connectivity index (χ0) is 14.4. The summed E-state index contributed by atoms with van der Waals surface area (Å²) in [6.07, 6.45) is 0. The van der Waals surface area contributed by atoms with Gasteiger partial charge in [0.15, 0.2) is 0 Å². The van der Waals surface area contributed by atoms with E-state index < -0.39 is 5.97 Å². The summed E-state index contributed by atoms with van der Waals surface area (Å²) in [6.45, 7) is 1.87. The van der Waals surface area contributed by atoms with Gasteiger partial charge in [0.2, 0.25) is 0 Å². The van der Waals surface area contributed by atoms with Crippen LogP contribution in [0.4, 0.5) is 0 Å². The summed E-state index contributed by atoms with van der Waals surface area (Å²) in [6, 6.07) is 16.2. The highest BCUT2D eigenvalue weighted by Gasteiger charge is 2.10. The van der Waals surface area contributed by atoms with Gasteiger partial charge in [0.1, 0.15) is 12.3 Å². The number of hydrogen-bond donors (Lipinski definition) is 1. The second-order valence-electron chi connectivity index (χ2n) is 4.35. The van der Waals surface area contributed by atoms with E-state index >= 15 is 0 Å². The molecule has 0 spiro atoms. The molecule has 2 aromatic carbocycles. The van der Waals surface area contributed by atoms with Crippen molar-refractivity contribution in [1.82, 2.24) is 0 Å². The van der Waals surface area contributed by atoms with Crippen LogP contribution in [0.25, 0.3) is 0 Å². The van der Waals surface area contributed by atoms with E-state index in [1.54, 1.807) is 24.3 Å². The van der Waals surface area contributed by atoms with Crippen LogP contribution in [0, 0.1) is 6.92 Å². The SMILES string of the molecule is Cc1ccc(C(=O)OC/C(=N/O)c2ccccc2)cc1. The summed E-state index contributed by atoms with van der Waals surface area (Å²) in [5, 5.41) is 12.2. The second kappa shape index (κ2) is 6.52. The highest BCUT2D eigenvalue weighted by Crippen LogP contribution is 2.07. The fraction of sp³-hybridized carbons (Fsp3) is 0.125. The number of hydrogen-bond acceptors (Lipinski definition) is 4. The largest absolute Gasteiger partial charge is 0.455 e. The Labute approximate surface area is 117 Å². The maximum atomic E-state index is 11.8. The van der Waals surface area contributed by atoms with Gasteiger partial charge in [0.05, 0.1) is 5.56 Å². The van der Waals surface area contributed by atoms with Crippen LogP contribution in [0.5, 0.6) is 0 Å². The highest BCUT2D eigenvalue weighted by atomic mass is 16.5. The average Bonchev–Trinajstić information content (AvgIpc) is 2.49. The van der Waals surface area contributed by atoms with Gasteiger partial charge in [0.25, 0.3) is 0 Å². The van der Waals surface area contributed by atoms with Gasteiger partial charge in [0, 0.05) is 5.56 Å². The molecule has 0 aliphatic carbocycles. The third kappa shape index (κ3) is 3.45. The van der Waals surface area contributed by atoms with Crippen molar-refractivity contribution in [3.8, 4) is 0 Å². The van der Waals surface area contributed by atoms with E-state index in [1.165, 1.54) is 0 Å². The van der Waals surface area contributed by atoms with Crippen molar-refractivity contribution < 1.29 is 14.7 Å². The number of nitrogens with zero attached hydrogens (tertiary/aromatic N) is 1. The third-order valence-electron chi connectivity index (χ3n) is 2.85. The summed E-state index contributed by atoms with van der Waals surface area (Å²) in [5.41, 5.74) is 2.57. The van der Waals surface area contributed by atoms with Gasteiger partial charge in [-0.3, -0.25) is 0 Å². The Kier molecular flexibility index (Phi) is 4.50. The first-order valence-corrected chi connectivity index (χ1v) is 6.21. The molecule has 0 aliphatic rings. The smallest absolute Gasteiger partial charge is 0.338 e. The Balaban J connectivity index is 2.01. The lowest BCUT2D eigenvalue weighted by atomic mass is 10.1. The van der Waals surface area contributed by atoms with Crippen molar-refractivity contribution in [2.45, 2.75) is 6.92 Å². The molecule has 0 unspecified atom stereocenters. The van der Waals surface area contributed by atoms with Crippen molar-refractivity contribution in [3.05, 3.63) is 71.3 Å². The number of aryl methyl sites for hydroxylation is 1. The topological polar surface area (TPSA) is 58.9 Å². The summed E-state index contributed by atoms with van der Waals surface area (Å²) in [7, 11) is 0. The molecule has 102 valence electrons. The van der Waals surface area contributed by atoms with Crippen LogP contribution in [0.1, 0.15) is 21.5 Å². The minimum absolute atomic E-state index is 0.0762. The number of carbonyl (C=O) groups excluding carboxylic acids is 1. The Morgan fingerprint density at radius 3 is 2.30 bits per heavy atom. The minimum atomic E-state index is -0.443. The maximum absolute atomic E-state index is 11.8. The van der Waals surface area contributed by atoms with Crippen molar-refractivity contribution in [2.75, 3.05) is 6.61 Å². The summed E-state index contributed by atoms with van der Waals surface area (Å²) in [5.74, 6) is -0.443. The van der Waals surface area contributed by atoms with Gasteiger partial charge >= 0.3 is 5.97 Å². The zero-order valence-corrected chi connectivity index (χ0v) is 11.1. The number of benzene rings is 2. The average molecular weight is 269 g/mol. The Hall–Kier alpha value is -2.62. The normalized spacial score (nSPS) is 11.2. The first-order chi connectivity index (χ1) is 9.70. The van der Waals surface area contributed by atoms with E-state index in [4.69, 9.17) is 9.94 Å². The summed E-state index contributed by atoms with van der Waals surface area (Å²) in [4.78, 5) is 11.8. The molecule has 0 aromatic heterocycles. The van der Waals surface area contributed by atoms with Gasteiger partial charge < -0.3 is 9.94 Å². The van der Waals surface area contributed by atoms with Crippen molar-refractivity contribution in [1.29, 1.82) is 0 Å². The molecule has 1 N–H and O–H groups in total. The lowest BCUT2D eigenvalue weighted by molar-refractivity contribution is 0.0562. The molecule has 0 amide bonds. The zero-order valence-electron chi connectivity index (χ0n) is 11.1. The first-order valence-electron chi connectivity index (χ1n) is 6.21. The number of esters is 1. The molecule has 2 aromatic rings. The fourth-order valence-corrected chi connectivity index (χ4v) is 1.71. The molecule has 0 heterocycles. The Morgan fingerprint density at radius 1 is 1.05 bits per heavy atom. The molecule has 4 nitrogen and oxygen atoms in total. The van der Waals surface area contributed by atoms with E-state index in [0.29, 0.717) is 16.8 Å². The predicted molar refractivity (Wildman–Crippen MR) is 76.2 cm³/mol. The lowest BCUT2D eigenvalue weighted by Crippen LogP contribution is -2.15. The molecular weight excluding hydrogens is 254 g/mol. The Morgan fingerprint density at radius 2 is 1.70 bits per heavy atom. The van der Waals surface area contributed by atoms with Crippen LogP contribution in [0.2, 0.25) is 0 Å². The van der Waals surface area contributed by atoms with Gasteiger partial charge in [-0.1, -0.05) is 53.2 Å². The number of oxime groups is 1. The maximum Gasteiger partial charge on any atom is 0.338 e. The van der Waals surface area contributed by atoms with Gasteiger partial charge in [-0.15, -0.1) is 0 Å². The molecule has 0 aliphatic heterocycles. The molecule has 0 radical (unpaired) electrons. The molecule has 2 rings (SSSR count). The third-order valence-corrected chi connectivity index (χ3v) is 2.85. The highest BCUT2D eigenvalue weighted by molar-refractivity contribution is 6.02. The Bertz CT molecular complexity index is 603. The van der Waals surface area contributed by atoms with Gasteiger partial charge in [-0.05, 0) is 19.1 Å². The van der Waals surface area contributed by atoms with Crippen LogP contribution in [-0.4, -0.2) is 23.5 Å². The number of rotatable bonds is 4. The molecule has 0 bridgehead atoms. The van der Waals surface area contributed by atoms with Crippen LogP contribution >= 0.6 is 0 Å². The molecule has 4 heteroatoms. The van der Waals surface area contributed by atoms with Crippen molar-refractivity contribution in [3.63, 3.8) is 0 Å². The van der Waals surface area contributed by atoms with Crippen LogP contribution in [0.15, 0.2) is 59.8 Å². The first kappa shape index (κ1) is 13.8. The number of ether oxygens (including phenoxy) is 1. The van der Waals surface area contributed by atoms with E-state index in [1.807, 2.05) is 37.3 Å². The predicted octanol–water partition coefficient (Wildman–Crippen LogP) is 3.03. The summed E-state index contributed by atoms with van der Waals surface area (Å²) >= 11 is 0. The molecule has 0 fully saturated rings. The minimum Gasteiger partial charge on any atom is -0.455 e. The van der Waals surface area contributed by atoms with Gasteiger partial charge in [-0.2, -0.15) is 0 Å². The van der Waals surface area contributed by atoms with E-state index in [2.05, 4.69) is 5.16 Å². The van der Waals surface area contributed by atoms with Crippen LogP contribution in [0.3, 0.4) is 0 Å². The van der Waals surface area contributed by atoms with Crippen LogP contribution < -0.4 is 0 Å². The van der Waals surface area contributed by atoms with Crippen LogP contribution in [-0.2, 0) is 4.74 Å². The van der Waals surface area contributed by atoms with E-state index in [9.17, 15) is 4.79 Å². The quantitative estimate of drug-likeness (QED) is 0.401.